The van der Waals surface area contributed by atoms with E-state index in [4.69, 9.17) is 5.11 Å². The van der Waals surface area contributed by atoms with Gasteiger partial charge in [-0.05, 0) is 36.5 Å². The van der Waals surface area contributed by atoms with E-state index in [1.807, 2.05) is 4.90 Å². The highest BCUT2D eigenvalue weighted by atomic mass is 16.4. The van der Waals surface area contributed by atoms with E-state index in [9.17, 15) is 19.5 Å². The van der Waals surface area contributed by atoms with Crippen molar-refractivity contribution >= 4 is 34.4 Å². The molecule has 8 heteroatoms. The number of likely N-dealkylation sites (tertiary alicyclic amines) is 1. The van der Waals surface area contributed by atoms with Crippen molar-refractivity contribution in [3.8, 4) is 0 Å². The average molecular weight is 399 g/mol. The number of rotatable bonds is 6. The van der Waals surface area contributed by atoms with Crippen LogP contribution in [-0.4, -0.2) is 51.0 Å². The van der Waals surface area contributed by atoms with Crippen molar-refractivity contribution < 1.29 is 24.6 Å². The van der Waals surface area contributed by atoms with Crippen molar-refractivity contribution in [1.29, 1.82) is 0 Å². The Kier molecular flexibility index (Phi) is 6.03. The monoisotopic (exact) mass is 399 g/mol. The van der Waals surface area contributed by atoms with Gasteiger partial charge in [-0.1, -0.05) is 13.8 Å². The van der Waals surface area contributed by atoms with Gasteiger partial charge in [-0.15, -0.1) is 0 Å². The van der Waals surface area contributed by atoms with Crippen molar-refractivity contribution in [1.82, 2.24) is 9.88 Å². The quantitative estimate of drug-likeness (QED) is 0.554. The first-order chi connectivity index (χ1) is 13.7. The van der Waals surface area contributed by atoms with Gasteiger partial charge >= 0.3 is 11.9 Å². The number of carboxylic acids is 2. The summed E-state index contributed by atoms with van der Waals surface area (Å²) in [7, 11) is 0. The molecule has 1 aliphatic rings. The Morgan fingerprint density at radius 1 is 1.17 bits per heavy atom. The summed E-state index contributed by atoms with van der Waals surface area (Å²) in [6, 6.07) is 4.36. The molecular weight excluding hydrogens is 374 g/mol. The van der Waals surface area contributed by atoms with E-state index in [1.165, 1.54) is 0 Å². The topological polar surface area (TPSA) is 123 Å². The van der Waals surface area contributed by atoms with Crippen molar-refractivity contribution in [3.05, 3.63) is 42.1 Å². The lowest BCUT2D eigenvalue weighted by molar-refractivity contribution is -0.144. The number of hydrogen-bond acceptors (Lipinski definition) is 4. The van der Waals surface area contributed by atoms with Gasteiger partial charge < -0.3 is 20.5 Å². The molecule has 4 N–H and O–H groups in total. The number of anilines is 1. The van der Waals surface area contributed by atoms with Crippen molar-refractivity contribution in [3.63, 3.8) is 0 Å². The van der Waals surface area contributed by atoms with E-state index in [0.29, 0.717) is 41.6 Å². The molecule has 1 fully saturated rings. The molecule has 1 amide bonds. The zero-order valence-corrected chi connectivity index (χ0v) is 16.4. The summed E-state index contributed by atoms with van der Waals surface area (Å²) in [5.74, 6) is -1.86. The number of benzene rings is 1. The Morgan fingerprint density at radius 2 is 1.86 bits per heavy atom. The number of aliphatic carboxylic acids is 2. The molecule has 2 heterocycles. The molecule has 8 nitrogen and oxygen atoms in total. The number of fused-ring (bicyclic) bond motifs is 1. The molecule has 2 aromatic rings. The zero-order valence-electron chi connectivity index (χ0n) is 16.4. The summed E-state index contributed by atoms with van der Waals surface area (Å²) >= 11 is 0. The number of nitrogens with zero attached hydrogens (tertiary/aromatic N) is 1. The molecule has 0 unspecified atom stereocenters. The first kappa shape index (κ1) is 20.6. The number of carbonyl (C=O) groups excluding carboxylic acids is 1. The molecule has 29 heavy (non-hydrogen) atoms. The molecule has 1 aromatic carbocycles. The molecule has 3 atom stereocenters. The van der Waals surface area contributed by atoms with E-state index < -0.39 is 23.9 Å². The minimum Gasteiger partial charge on any atom is -0.480 e. The Bertz CT molecular complexity index is 954. The van der Waals surface area contributed by atoms with E-state index in [2.05, 4.69) is 24.1 Å². The number of nitrogens with one attached hydrogen (secondary N) is 2. The second-order valence-corrected chi connectivity index (χ2v) is 7.81. The number of carbonyl (C=O) groups is 3. The molecule has 1 aromatic heterocycles. The van der Waals surface area contributed by atoms with Crippen molar-refractivity contribution in [2.45, 2.75) is 26.3 Å². The summed E-state index contributed by atoms with van der Waals surface area (Å²) in [6.07, 6.45) is 4.48. The summed E-state index contributed by atoms with van der Waals surface area (Å²) in [5.41, 5.74) is 1.87. The fourth-order valence-electron chi connectivity index (χ4n) is 4.18. The third-order valence-corrected chi connectivity index (χ3v) is 5.15. The normalized spacial score (nSPS) is 21.3. The maximum absolute atomic E-state index is 12.2. The van der Waals surface area contributed by atoms with Crippen molar-refractivity contribution in [2.24, 2.45) is 11.8 Å². The maximum Gasteiger partial charge on any atom is 0.328 e. The number of aromatic amines is 1. The lowest BCUT2D eigenvalue weighted by Gasteiger charge is -2.38. The highest BCUT2D eigenvalue weighted by Crippen LogP contribution is 2.34. The Labute approximate surface area is 168 Å². The molecule has 0 saturated carbocycles. The number of carboxylic acid groups (broad SMARTS) is 2. The SMILES string of the molecule is C[C@@H]1C[C@H](C)CN([C@@H](C(=O)O)c2c[nH]c3ccc(NC(=O)/C=C/C(=O)O)cc23)C1. The summed E-state index contributed by atoms with van der Waals surface area (Å²) in [6.45, 7) is 5.69. The predicted octanol–water partition coefficient (Wildman–Crippen LogP) is 2.85. The van der Waals surface area contributed by atoms with Crippen LogP contribution in [0.2, 0.25) is 0 Å². The Balaban J connectivity index is 1.92. The van der Waals surface area contributed by atoms with Gasteiger partial charge in [-0.2, -0.15) is 0 Å². The van der Waals surface area contributed by atoms with Gasteiger partial charge in [0, 0.05) is 53.6 Å². The molecule has 154 valence electrons. The van der Waals surface area contributed by atoms with Crippen LogP contribution in [-0.2, 0) is 14.4 Å². The summed E-state index contributed by atoms with van der Waals surface area (Å²) in [4.78, 5) is 39.7. The van der Waals surface area contributed by atoms with Crippen LogP contribution in [0.25, 0.3) is 10.9 Å². The molecule has 1 aliphatic heterocycles. The van der Waals surface area contributed by atoms with Crippen LogP contribution in [0.15, 0.2) is 36.5 Å². The Morgan fingerprint density at radius 3 is 2.48 bits per heavy atom. The second-order valence-electron chi connectivity index (χ2n) is 7.81. The number of piperidine rings is 1. The number of hydrogen-bond donors (Lipinski definition) is 4. The van der Waals surface area contributed by atoms with Gasteiger partial charge in [0.05, 0.1) is 0 Å². The minimum absolute atomic E-state index is 0.418. The third kappa shape index (κ3) is 4.83. The van der Waals surface area contributed by atoms with Gasteiger partial charge in [-0.3, -0.25) is 14.5 Å². The van der Waals surface area contributed by atoms with Crippen LogP contribution in [0.1, 0.15) is 31.9 Å². The number of H-pyrrole nitrogens is 1. The maximum atomic E-state index is 12.2. The second kappa shape index (κ2) is 8.48. The fraction of sp³-hybridized carbons (Fsp3) is 0.381. The molecule has 0 spiro atoms. The first-order valence-electron chi connectivity index (χ1n) is 9.54. The third-order valence-electron chi connectivity index (χ3n) is 5.15. The summed E-state index contributed by atoms with van der Waals surface area (Å²) < 4.78 is 0. The van der Waals surface area contributed by atoms with Gasteiger partial charge in [-0.25, -0.2) is 4.79 Å². The lowest BCUT2D eigenvalue weighted by Crippen LogP contribution is -2.43. The standard InChI is InChI=1S/C21H25N3O5/c1-12-7-13(2)11-24(10-12)20(21(28)29)16-9-22-17-4-3-14(8-15(16)17)23-18(25)5-6-19(26)27/h3-6,8-9,12-13,20,22H,7,10-11H2,1-2H3,(H,23,25)(H,26,27)(H,28,29)/b6-5+/t12-,13+,20-/m1/s1. The average Bonchev–Trinajstić information content (AvgIpc) is 3.02. The minimum atomic E-state index is -1.21. The van der Waals surface area contributed by atoms with E-state index in [1.54, 1.807) is 24.4 Å². The largest absolute Gasteiger partial charge is 0.480 e. The predicted molar refractivity (Wildman–Crippen MR) is 109 cm³/mol. The highest BCUT2D eigenvalue weighted by molar-refractivity contribution is 6.03. The lowest BCUT2D eigenvalue weighted by atomic mass is 9.89. The molecule has 0 aliphatic carbocycles. The van der Waals surface area contributed by atoms with Crippen molar-refractivity contribution in [2.75, 3.05) is 18.4 Å². The molecule has 3 rings (SSSR count). The van der Waals surface area contributed by atoms with Gasteiger partial charge in [0.15, 0.2) is 0 Å². The summed E-state index contributed by atoms with van der Waals surface area (Å²) in [5, 5.41) is 21.9. The van der Waals surface area contributed by atoms with Crippen LogP contribution in [0.3, 0.4) is 0 Å². The van der Waals surface area contributed by atoms with E-state index in [0.717, 1.165) is 24.1 Å². The van der Waals surface area contributed by atoms with E-state index >= 15 is 0 Å². The number of aromatic nitrogens is 1. The fourth-order valence-corrected chi connectivity index (χ4v) is 4.18. The van der Waals surface area contributed by atoms with Gasteiger partial charge in [0.1, 0.15) is 6.04 Å². The first-order valence-corrected chi connectivity index (χ1v) is 9.54. The molecule has 0 bridgehead atoms. The molecule has 0 radical (unpaired) electrons. The van der Waals surface area contributed by atoms with Crippen LogP contribution < -0.4 is 5.32 Å². The van der Waals surface area contributed by atoms with Gasteiger partial charge in [0.2, 0.25) is 5.91 Å². The van der Waals surface area contributed by atoms with Crippen LogP contribution in [0, 0.1) is 11.8 Å². The van der Waals surface area contributed by atoms with Gasteiger partial charge in [0.25, 0.3) is 0 Å². The van der Waals surface area contributed by atoms with Crippen LogP contribution in [0.4, 0.5) is 5.69 Å². The Hall–Kier alpha value is -3.13. The number of amides is 1. The van der Waals surface area contributed by atoms with Crippen LogP contribution >= 0.6 is 0 Å². The smallest absolute Gasteiger partial charge is 0.328 e. The zero-order chi connectivity index (χ0) is 21.1. The van der Waals surface area contributed by atoms with E-state index in [-0.39, 0.29) is 0 Å². The highest BCUT2D eigenvalue weighted by Gasteiger charge is 2.34. The van der Waals surface area contributed by atoms with Crippen LogP contribution in [0.5, 0.6) is 0 Å². The molecule has 1 saturated heterocycles. The molecular formula is C21H25N3O5.